The van der Waals surface area contributed by atoms with Crippen molar-refractivity contribution >= 4 is 16.9 Å². The van der Waals surface area contributed by atoms with E-state index in [9.17, 15) is 9.59 Å². The van der Waals surface area contributed by atoms with Crippen molar-refractivity contribution in [3.8, 4) is 0 Å². The van der Waals surface area contributed by atoms with E-state index in [1.54, 1.807) is 36.7 Å². The van der Waals surface area contributed by atoms with Gasteiger partial charge in [0.25, 0.3) is 11.5 Å². The van der Waals surface area contributed by atoms with Crippen LogP contribution in [0.25, 0.3) is 11.0 Å². The number of aryl methyl sites for hydroxylation is 2. The molecule has 5 heteroatoms. The van der Waals surface area contributed by atoms with Crippen LogP contribution in [0.2, 0.25) is 0 Å². The molecule has 0 aliphatic heterocycles. The van der Waals surface area contributed by atoms with Crippen molar-refractivity contribution in [1.82, 2.24) is 14.9 Å². The van der Waals surface area contributed by atoms with Crippen molar-refractivity contribution in [3.63, 3.8) is 0 Å². The molecule has 1 aromatic heterocycles. The Balaban J connectivity index is 2.29. The molecule has 0 saturated carbocycles. The predicted molar refractivity (Wildman–Crippen MR) is 83.5 cm³/mol. The van der Waals surface area contributed by atoms with E-state index >= 15 is 0 Å². The minimum Gasteiger partial charge on any atom is -0.352 e. The van der Waals surface area contributed by atoms with Crippen LogP contribution in [-0.4, -0.2) is 22.0 Å². The van der Waals surface area contributed by atoms with Gasteiger partial charge in [0.05, 0.1) is 11.0 Å². The molecule has 0 aliphatic rings. The second kappa shape index (κ2) is 6.08. The van der Waals surface area contributed by atoms with E-state index in [-0.39, 0.29) is 11.5 Å². The van der Waals surface area contributed by atoms with Gasteiger partial charge in [0.15, 0.2) is 0 Å². The number of carbonyl (C=O) groups is 1. The molecule has 112 valence electrons. The standard InChI is InChI=1S/C16H21N3O2/c1-10(2)7-8-17-15(20)12-5-6-14-13(9-12)18-11(3)16(21)19(14)4/h5-6,9-10H,7-8H2,1-4H3,(H,17,20). The Morgan fingerprint density at radius 2 is 2.10 bits per heavy atom. The van der Waals surface area contributed by atoms with Gasteiger partial charge in [0, 0.05) is 19.2 Å². The van der Waals surface area contributed by atoms with Crippen molar-refractivity contribution in [2.75, 3.05) is 6.54 Å². The number of hydrogen-bond donors (Lipinski definition) is 1. The summed E-state index contributed by atoms with van der Waals surface area (Å²) in [6.07, 6.45) is 0.950. The predicted octanol–water partition coefficient (Wildman–Crippen LogP) is 2.02. The first-order valence-corrected chi connectivity index (χ1v) is 7.15. The first-order chi connectivity index (χ1) is 9.90. The molecule has 0 bridgehead atoms. The number of carbonyl (C=O) groups excluding carboxylic acids is 1. The summed E-state index contributed by atoms with van der Waals surface area (Å²) in [6.45, 7) is 6.58. The quantitative estimate of drug-likeness (QED) is 0.935. The van der Waals surface area contributed by atoms with Gasteiger partial charge in [-0.25, -0.2) is 4.98 Å². The second-order valence-corrected chi connectivity index (χ2v) is 5.70. The van der Waals surface area contributed by atoms with Gasteiger partial charge in [-0.15, -0.1) is 0 Å². The Labute approximate surface area is 124 Å². The molecule has 0 atom stereocenters. The van der Waals surface area contributed by atoms with Gasteiger partial charge >= 0.3 is 0 Å². The molecule has 2 rings (SSSR count). The Bertz CT molecular complexity index is 732. The SMILES string of the molecule is Cc1nc2cc(C(=O)NCCC(C)C)ccc2n(C)c1=O. The van der Waals surface area contributed by atoms with E-state index in [0.29, 0.717) is 29.2 Å². The van der Waals surface area contributed by atoms with Gasteiger partial charge in [-0.3, -0.25) is 9.59 Å². The molecule has 5 nitrogen and oxygen atoms in total. The average Bonchev–Trinajstić information content (AvgIpc) is 2.44. The summed E-state index contributed by atoms with van der Waals surface area (Å²) in [5.74, 6) is 0.451. The van der Waals surface area contributed by atoms with E-state index in [1.807, 2.05) is 0 Å². The summed E-state index contributed by atoms with van der Waals surface area (Å²) in [6, 6.07) is 5.22. The van der Waals surface area contributed by atoms with E-state index in [0.717, 1.165) is 11.9 Å². The molecule has 1 amide bonds. The van der Waals surface area contributed by atoms with Crippen molar-refractivity contribution < 1.29 is 4.79 Å². The topological polar surface area (TPSA) is 64.0 Å². The maximum absolute atomic E-state index is 12.1. The summed E-state index contributed by atoms with van der Waals surface area (Å²) in [5.41, 5.74) is 2.27. The molecule has 0 fully saturated rings. The highest BCUT2D eigenvalue weighted by molar-refractivity contribution is 5.97. The molecule has 0 spiro atoms. The number of amides is 1. The monoisotopic (exact) mass is 287 g/mol. The van der Waals surface area contributed by atoms with Crippen LogP contribution in [0, 0.1) is 12.8 Å². The summed E-state index contributed by atoms with van der Waals surface area (Å²) < 4.78 is 1.55. The lowest BCUT2D eigenvalue weighted by Gasteiger charge is -2.09. The van der Waals surface area contributed by atoms with Gasteiger partial charge in [-0.05, 0) is 37.5 Å². The second-order valence-electron chi connectivity index (χ2n) is 5.70. The number of benzene rings is 1. The number of fused-ring (bicyclic) bond motifs is 1. The Morgan fingerprint density at radius 3 is 2.76 bits per heavy atom. The number of nitrogens with zero attached hydrogens (tertiary/aromatic N) is 2. The number of hydrogen-bond acceptors (Lipinski definition) is 3. The largest absolute Gasteiger partial charge is 0.352 e. The average molecular weight is 287 g/mol. The van der Waals surface area contributed by atoms with Gasteiger partial charge in [-0.2, -0.15) is 0 Å². The maximum atomic E-state index is 12.1. The zero-order valence-electron chi connectivity index (χ0n) is 12.9. The summed E-state index contributed by atoms with van der Waals surface area (Å²) in [5, 5.41) is 2.90. The van der Waals surface area contributed by atoms with Crippen LogP contribution < -0.4 is 10.9 Å². The number of aromatic nitrogens is 2. The van der Waals surface area contributed by atoms with Crippen LogP contribution in [0.15, 0.2) is 23.0 Å². The van der Waals surface area contributed by atoms with Gasteiger partial charge in [0.2, 0.25) is 0 Å². The van der Waals surface area contributed by atoms with Crippen molar-refractivity contribution in [1.29, 1.82) is 0 Å². The van der Waals surface area contributed by atoms with Crippen LogP contribution in [0.3, 0.4) is 0 Å². The molecule has 1 N–H and O–H groups in total. The fraction of sp³-hybridized carbons (Fsp3) is 0.438. The van der Waals surface area contributed by atoms with Crippen molar-refractivity contribution in [2.24, 2.45) is 13.0 Å². The minimum atomic E-state index is -0.114. The third-order valence-electron chi connectivity index (χ3n) is 3.51. The normalized spacial score (nSPS) is 11.1. The van der Waals surface area contributed by atoms with Crippen LogP contribution >= 0.6 is 0 Å². The minimum absolute atomic E-state index is 0.106. The molecule has 1 aromatic carbocycles. The summed E-state index contributed by atoms with van der Waals surface area (Å²) >= 11 is 0. The van der Waals surface area contributed by atoms with Crippen LogP contribution in [0.1, 0.15) is 36.3 Å². The van der Waals surface area contributed by atoms with E-state index in [2.05, 4.69) is 24.1 Å². The Morgan fingerprint density at radius 1 is 1.38 bits per heavy atom. The van der Waals surface area contributed by atoms with Gasteiger partial charge < -0.3 is 9.88 Å². The highest BCUT2D eigenvalue weighted by atomic mass is 16.1. The van der Waals surface area contributed by atoms with Crippen LogP contribution in [-0.2, 0) is 7.05 Å². The maximum Gasteiger partial charge on any atom is 0.272 e. The number of rotatable bonds is 4. The fourth-order valence-electron chi connectivity index (χ4n) is 2.19. The molecule has 21 heavy (non-hydrogen) atoms. The molecular formula is C16H21N3O2. The first kappa shape index (κ1) is 15.2. The molecule has 0 radical (unpaired) electrons. The molecular weight excluding hydrogens is 266 g/mol. The fourth-order valence-corrected chi connectivity index (χ4v) is 2.19. The van der Waals surface area contributed by atoms with E-state index in [1.165, 1.54) is 0 Å². The number of nitrogens with one attached hydrogen (secondary N) is 1. The highest BCUT2D eigenvalue weighted by Crippen LogP contribution is 2.12. The van der Waals surface area contributed by atoms with Gasteiger partial charge in [0.1, 0.15) is 5.69 Å². The lowest BCUT2D eigenvalue weighted by atomic mass is 10.1. The van der Waals surface area contributed by atoms with E-state index in [4.69, 9.17) is 0 Å². The lowest BCUT2D eigenvalue weighted by molar-refractivity contribution is 0.0952. The first-order valence-electron chi connectivity index (χ1n) is 7.15. The molecule has 2 aromatic rings. The molecule has 0 saturated heterocycles. The van der Waals surface area contributed by atoms with Crippen LogP contribution in [0.5, 0.6) is 0 Å². The van der Waals surface area contributed by atoms with Crippen molar-refractivity contribution in [2.45, 2.75) is 27.2 Å². The molecule has 0 unspecified atom stereocenters. The Kier molecular flexibility index (Phi) is 4.40. The third kappa shape index (κ3) is 3.29. The summed E-state index contributed by atoms with van der Waals surface area (Å²) in [4.78, 5) is 28.2. The van der Waals surface area contributed by atoms with Crippen molar-refractivity contribution in [3.05, 3.63) is 39.8 Å². The lowest BCUT2D eigenvalue weighted by Crippen LogP contribution is -2.26. The zero-order valence-corrected chi connectivity index (χ0v) is 12.9. The van der Waals surface area contributed by atoms with Crippen LogP contribution in [0.4, 0.5) is 0 Å². The molecule has 1 heterocycles. The highest BCUT2D eigenvalue weighted by Gasteiger charge is 2.10. The zero-order chi connectivity index (χ0) is 15.6. The smallest absolute Gasteiger partial charge is 0.272 e. The summed E-state index contributed by atoms with van der Waals surface area (Å²) in [7, 11) is 1.71. The third-order valence-corrected chi connectivity index (χ3v) is 3.51. The molecule has 0 aliphatic carbocycles. The van der Waals surface area contributed by atoms with E-state index < -0.39 is 0 Å². The Hall–Kier alpha value is -2.17. The van der Waals surface area contributed by atoms with Gasteiger partial charge in [-0.1, -0.05) is 13.8 Å².